The molecule has 3 rings (SSSR count). The van der Waals surface area contributed by atoms with Crippen molar-refractivity contribution in [3.05, 3.63) is 47.9 Å². The van der Waals surface area contributed by atoms with E-state index in [0.29, 0.717) is 5.88 Å². The summed E-state index contributed by atoms with van der Waals surface area (Å²) in [6.45, 7) is 3.91. The molecule has 0 saturated carbocycles. The molecule has 1 aliphatic rings. The van der Waals surface area contributed by atoms with Crippen LogP contribution in [0.15, 0.2) is 36.7 Å². The molecule has 0 radical (unpaired) electrons. The summed E-state index contributed by atoms with van der Waals surface area (Å²) >= 11 is 0. The zero-order valence-electron chi connectivity index (χ0n) is 13.8. The van der Waals surface area contributed by atoms with Crippen LogP contribution in [0.4, 0.5) is 0 Å². The third kappa shape index (κ3) is 3.89. The van der Waals surface area contributed by atoms with Crippen LogP contribution in [0.1, 0.15) is 30.0 Å². The number of nitrogens with two attached hydrogens (primary N) is 1. The highest BCUT2D eigenvalue weighted by atomic mass is 16.5. The smallest absolute Gasteiger partial charge is 0.241 e. The molecular weight excluding hydrogens is 304 g/mol. The molecule has 1 fully saturated rings. The van der Waals surface area contributed by atoms with E-state index in [0.717, 1.165) is 42.9 Å². The fraction of sp³-hybridized carbons (Fsp3) is 0.389. The van der Waals surface area contributed by atoms with Gasteiger partial charge in [-0.2, -0.15) is 0 Å². The van der Waals surface area contributed by atoms with Crippen LogP contribution in [-0.4, -0.2) is 40.4 Å². The van der Waals surface area contributed by atoms with Crippen molar-refractivity contribution < 1.29 is 9.53 Å². The molecule has 24 heavy (non-hydrogen) atoms. The van der Waals surface area contributed by atoms with Crippen LogP contribution < -0.4 is 10.5 Å². The number of ether oxygens (including phenoxy) is 1. The van der Waals surface area contributed by atoms with Gasteiger partial charge in [-0.1, -0.05) is 18.2 Å². The molecule has 1 aromatic carbocycles. The Morgan fingerprint density at radius 3 is 2.92 bits per heavy atom. The van der Waals surface area contributed by atoms with Gasteiger partial charge in [-0.15, -0.1) is 0 Å². The summed E-state index contributed by atoms with van der Waals surface area (Å²) in [5.41, 5.74) is 7.21. The van der Waals surface area contributed by atoms with E-state index < -0.39 is 0 Å². The van der Waals surface area contributed by atoms with Crippen molar-refractivity contribution >= 4 is 5.91 Å². The van der Waals surface area contributed by atoms with Gasteiger partial charge >= 0.3 is 0 Å². The van der Waals surface area contributed by atoms with Crippen LogP contribution in [0.25, 0.3) is 0 Å². The van der Waals surface area contributed by atoms with Crippen molar-refractivity contribution in [1.29, 1.82) is 0 Å². The van der Waals surface area contributed by atoms with Crippen molar-refractivity contribution in [2.24, 2.45) is 5.73 Å². The highest BCUT2D eigenvalue weighted by molar-refractivity contribution is 5.75. The number of amides is 1. The Bertz CT molecular complexity index is 720. The fourth-order valence-corrected chi connectivity index (χ4v) is 3.11. The fourth-order valence-electron chi connectivity index (χ4n) is 3.11. The molecule has 1 saturated heterocycles. The van der Waals surface area contributed by atoms with E-state index in [9.17, 15) is 4.79 Å². The minimum atomic E-state index is -0.300. The standard InChI is InChI=1S/C18H22N4O2/c1-13-5-2-3-7-15(13)24-18-17(20-8-9-21-18)14-6-4-10-22(11-14)12-16(19)23/h2-3,5,7-9,14H,4,6,10-12H2,1H3,(H2,19,23). The molecule has 2 aromatic rings. The summed E-state index contributed by atoms with van der Waals surface area (Å²) in [4.78, 5) is 22.1. The van der Waals surface area contributed by atoms with Crippen molar-refractivity contribution in [3.63, 3.8) is 0 Å². The van der Waals surface area contributed by atoms with E-state index in [1.807, 2.05) is 31.2 Å². The second-order valence-corrected chi connectivity index (χ2v) is 6.15. The number of rotatable bonds is 5. The van der Waals surface area contributed by atoms with Gasteiger partial charge in [0.05, 0.1) is 6.54 Å². The molecule has 0 bridgehead atoms. The van der Waals surface area contributed by atoms with Crippen molar-refractivity contribution in [2.75, 3.05) is 19.6 Å². The Morgan fingerprint density at radius 1 is 1.33 bits per heavy atom. The molecule has 0 aliphatic carbocycles. The molecule has 1 amide bonds. The summed E-state index contributed by atoms with van der Waals surface area (Å²) in [5, 5.41) is 0. The van der Waals surface area contributed by atoms with Gasteiger partial charge in [-0.3, -0.25) is 14.7 Å². The number of benzene rings is 1. The lowest BCUT2D eigenvalue weighted by Gasteiger charge is -2.31. The predicted octanol–water partition coefficient (Wildman–Crippen LogP) is 2.24. The predicted molar refractivity (Wildman–Crippen MR) is 90.9 cm³/mol. The van der Waals surface area contributed by atoms with E-state index in [1.165, 1.54) is 0 Å². The number of carbonyl (C=O) groups is 1. The van der Waals surface area contributed by atoms with Crippen molar-refractivity contribution in [2.45, 2.75) is 25.7 Å². The van der Waals surface area contributed by atoms with E-state index in [1.54, 1.807) is 12.4 Å². The summed E-state index contributed by atoms with van der Waals surface area (Å²) in [7, 11) is 0. The first-order chi connectivity index (χ1) is 11.6. The molecule has 1 unspecified atom stereocenters. The zero-order chi connectivity index (χ0) is 16.9. The van der Waals surface area contributed by atoms with Crippen LogP contribution in [-0.2, 0) is 4.79 Å². The van der Waals surface area contributed by atoms with Gasteiger partial charge in [0.1, 0.15) is 11.4 Å². The molecule has 126 valence electrons. The summed E-state index contributed by atoms with van der Waals surface area (Å²) in [5.74, 6) is 1.21. The first kappa shape index (κ1) is 16.4. The monoisotopic (exact) mass is 326 g/mol. The highest BCUT2D eigenvalue weighted by Gasteiger charge is 2.26. The summed E-state index contributed by atoms with van der Waals surface area (Å²) in [6.07, 6.45) is 5.32. The van der Waals surface area contributed by atoms with E-state index in [2.05, 4.69) is 14.9 Å². The first-order valence-corrected chi connectivity index (χ1v) is 8.18. The van der Waals surface area contributed by atoms with Gasteiger partial charge in [0.2, 0.25) is 11.8 Å². The van der Waals surface area contributed by atoms with E-state index in [-0.39, 0.29) is 18.4 Å². The Labute approximate surface area is 141 Å². The first-order valence-electron chi connectivity index (χ1n) is 8.18. The number of hydrogen-bond acceptors (Lipinski definition) is 5. The van der Waals surface area contributed by atoms with Crippen LogP contribution in [0, 0.1) is 6.92 Å². The third-order valence-corrected chi connectivity index (χ3v) is 4.26. The SMILES string of the molecule is Cc1ccccc1Oc1nccnc1C1CCCN(CC(N)=O)C1. The number of para-hydroxylation sites is 1. The Morgan fingerprint density at radius 2 is 2.12 bits per heavy atom. The topological polar surface area (TPSA) is 81.3 Å². The van der Waals surface area contributed by atoms with Gasteiger partial charge in [0, 0.05) is 24.9 Å². The maximum atomic E-state index is 11.2. The molecule has 6 nitrogen and oxygen atoms in total. The third-order valence-electron chi connectivity index (χ3n) is 4.26. The average Bonchev–Trinajstić information content (AvgIpc) is 2.57. The molecule has 1 aromatic heterocycles. The lowest BCUT2D eigenvalue weighted by Crippen LogP contribution is -2.40. The number of piperidine rings is 1. The van der Waals surface area contributed by atoms with E-state index in [4.69, 9.17) is 10.5 Å². The van der Waals surface area contributed by atoms with Gasteiger partial charge in [-0.25, -0.2) is 4.98 Å². The number of aromatic nitrogens is 2. The van der Waals surface area contributed by atoms with Crippen LogP contribution in [0.5, 0.6) is 11.6 Å². The lowest BCUT2D eigenvalue weighted by molar-refractivity contribution is -0.119. The second-order valence-electron chi connectivity index (χ2n) is 6.15. The molecular formula is C18H22N4O2. The van der Waals surface area contributed by atoms with Gasteiger partial charge in [0.15, 0.2) is 0 Å². The van der Waals surface area contributed by atoms with E-state index >= 15 is 0 Å². The number of hydrogen-bond donors (Lipinski definition) is 1. The number of carbonyl (C=O) groups excluding carboxylic acids is 1. The second kappa shape index (κ2) is 7.40. The lowest BCUT2D eigenvalue weighted by atomic mass is 9.94. The Balaban J connectivity index is 1.81. The average molecular weight is 326 g/mol. The molecule has 0 spiro atoms. The van der Waals surface area contributed by atoms with Gasteiger partial charge in [-0.05, 0) is 37.9 Å². The zero-order valence-corrected chi connectivity index (χ0v) is 13.8. The molecule has 2 N–H and O–H groups in total. The summed E-state index contributed by atoms with van der Waals surface area (Å²) in [6, 6.07) is 7.84. The van der Waals surface area contributed by atoms with Crippen molar-refractivity contribution in [1.82, 2.24) is 14.9 Å². The highest BCUT2D eigenvalue weighted by Crippen LogP contribution is 2.33. The number of aryl methyl sites for hydroxylation is 1. The maximum Gasteiger partial charge on any atom is 0.241 e. The molecule has 2 heterocycles. The van der Waals surface area contributed by atoms with Crippen LogP contribution in [0.2, 0.25) is 0 Å². The van der Waals surface area contributed by atoms with Crippen LogP contribution in [0.3, 0.4) is 0 Å². The quantitative estimate of drug-likeness (QED) is 0.911. The Kier molecular flexibility index (Phi) is 5.05. The number of primary amides is 1. The van der Waals surface area contributed by atoms with Crippen molar-refractivity contribution in [3.8, 4) is 11.6 Å². The van der Waals surface area contributed by atoms with Crippen LogP contribution >= 0.6 is 0 Å². The number of nitrogens with zero attached hydrogens (tertiary/aromatic N) is 3. The van der Waals surface area contributed by atoms with Gasteiger partial charge in [0.25, 0.3) is 0 Å². The molecule has 1 aliphatic heterocycles. The minimum absolute atomic E-state index is 0.186. The summed E-state index contributed by atoms with van der Waals surface area (Å²) < 4.78 is 6.03. The maximum absolute atomic E-state index is 11.2. The number of likely N-dealkylation sites (tertiary alicyclic amines) is 1. The molecule has 6 heteroatoms. The minimum Gasteiger partial charge on any atom is -0.437 e. The normalized spacial score (nSPS) is 18.3. The Hall–Kier alpha value is -2.47. The molecule has 1 atom stereocenters. The largest absolute Gasteiger partial charge is 0.437 e. The van der Waals surface area contributed by atoms with Gasteiger partial charge < -0.3 is 10.5 Å².